The van der Waals surface area contributed by atoms with Crippen LogP contribution in [0.25, 0.3) is 0 Å². The molecule has 10 heteroatoms. The molecule has 4 aromatic carbocycles. The van der Waals surface area contributed by atoms with Gasteiger partial charge in [0.1, 0.15) is 12.6 Å². The van der Waals surface area contributed by atoms with Gasteiger partial charge < -0.3 is 10.2 Å². The second kappa shape index (κ2) is 15.9. The maximum atomic E-state index is 14.4. The number of nitrogens with one attached hydrogen (secondary N) is 1. The Hall–Kier alpha value is -3.66. The largest absolute Gasteiger partial charge is 0.354 e. The first-order valence-corrected chi connectivity index (χ1v) is 17.0. The molecule has 0 saturated carbocycles. The number of carbonyl (C=O) groups is 2. The third-order valence-electron chi connectivity index (χ3n) is 7.07. The van der Waals surface area contributed by atoms with Crippen LogP contribution in [-0.4, -0.2) is 44.3 Å². The summed E-state index contributed by atoms with van der Waals surface area (Å²) in [4.78, 5) is 29.7. The minimum Gasteiger partial charge on any atom is -0.354 e. The third-order valence-corrected chi connectivity index (χ3v) is 9.62. The molecular weight excluding hydrogens is 662 g/mol. The molecule has 0 spiro atoms. The molecule has 0 aliphatic heterocycles. The molecule has 0 aromatic heterocycles. The number of rotatable bonds is 14. The second-order valence-electron chi connectivity index (χ2n) is 10.3. The van der Waals surface area contributed by atoms with E-state index in [4.69, 9.17) is 11.6 Å². The van der Waals surface area contributed by atoms with Gasteiger partial charge >= 0.3 is 0 Å². The molecule has 230 valence electrons. The molecule has 0 heterocycles. The number of sulfonamides is 1. The number of nitrogens with zero attached hydrogens (tertiary/aromatic N) is 2. The number of benzene rings is 4. The minimum atomic E-state index is -4.15. The molecule has 0 aliphatic carbocycles. The molecule has 0 fully saturated rings. The Kier molecular flexibility index (Phi) is 12.0. The zero-order chi connectivity index (χ0) is 31.5. The van der Waals surface area contributed by atoms with Gasteiger partial charge in [-0.15, -0.1) is 0 Å². The summed E-state index contributed by atoms with van der Waals surface area (Å²) in [7, 11) is -4.15. The highest BCUT2D eigenvalue weighted by Gasteiger charge is 2.34. The number of carbonyl (C=O) groups excluding carboxylic acids is 2. The van der Waals surface area contributed by atoms with Gasteiger partial charge in [0.05, 0.1) is 10.6 Å². The fourth-order valence-electron chi connectivity index (χ4n) is 4.75. The summed E-state index contributed by atoms with van der Waals surface area (Å²) in [6, 6.07) is 30.3. The lowest BCUT2D eigenvalue weighted by molar-refractivity contribution is -0.140. The van der Waals surface area contributed by atoms with Gasteiger partial charge in [-0.2, -0.15) is 0 Å². The van der Waals surface area contributed by atoms with E-state index in [1.165, 1.54) is 17.0 Å². The predicted octanol–water partition coefficient (Wildman–Crippen LogP) is 6.85. The van der Waals surface area contributed by atoms with E-state index >= 15 is 0 Å². The third kappa shape index (κ3) is 8.94. The Morgan fingerprint density at radius 3 is 2.14 bits per heavy atom. The van der Waals surface area contributed by atoms with E-state index < -0.39 is 28.5 Å². The van der Waals surface area contributed by atoms with Crippen LogP contribution in [0, 0.1) is 0 Å². The Labute approximate surface area is 273 Å². The second-order valence-corrected chi connectivity index (χ2v) is 13.5. The van der Waals surface area contributed by atoms with E-state index in [0.717, 1.165) is 27.2 Å². The topological polar surface area (TPSA) is 86.8 Å². The van der Waals surface area contributed by atoms with Gasteiger partial charge in [0.15, 0.2) is 0 Å². The van der Waals surface area contributed by atoms with E-state index in [-0.39, 0.29) is 23.8 Å². The quantitative estimate of drug-likeness (QED) is 0.146. The molecule has 0 aliphatic rings. The zero-order valence-electron chi connectivity index (χ0n) is 24.4. The average Bonchev–Trinajstić information content (AvgIpc) is 3.03. The molecule has 0 radical (unpaired) electrons. The van der Waals surface area contributed by atoms with E-state index in [1.807, 2.05) is 43.3 Å². The summed E-state index contributed by atoms with van der Waals surface area (Å²) in [6.07, 6.45) is 1.93. The summed E-state index contributed by atoms with van der Waals surface area (Å²) in [5.41, 5.74) is 1.90. The van der Waals surface area contributed by atoms with Crippen molar-refractivity contribution in [1.29, 1.82) is 0 Å². The van der Waals surface area contributed by atoms with Crippen molar-refractivity contribution in [2.45, 2.75) is 43.7 Å². The molecule has 1 N–H and O–H groups in total. The highest BCUT2D eigenvalue weighted by molar-refractivity contribution is 9.10. The van der Waals surface area contributed by atoms with E-state index in [0.29, 0.717) is 22.8 Å². The van der Waals surface area contributed by atoms with Crippen LogP contribution < -0.4 is 9.62 Å². The van der Waals surface area contributed by atoms with Crippen molar-refractivity contribution in [2.24, 2.45) is 0 Å². The smallest absolute Gasteiger partial charge is 0.264 e. The number of anilines is 1. The number of amides is 2. The van der Waals surface area contributed by atoms with Crippen molar-refractivity contribution < 1.29 is 18.0 Å². The molecular formula is C34H35BrClN3O4S. The monoisotopic (exact) mass is 695 g/mol. The molecule has 4 rings (SSSR count). The van der Waals surface area contributed by atoms with Crippen molar-refractivity contribution in [3.63, 3.8) is 0 Å². The van der Waals surface area contributed by atoms with Crippen molar-refractivity contribution in [1.82, 2.24) is 10.2 Å². The Morgan fingerprint density at radius 1 is 0.864 bits per heavy atom. The van der Waals surface area contributed by atoms with Crippen LogP contribution in [0.15, 0.2) is 119 Å². The van der Waals surface area contributed by atoms with Crippen molar-refractivity contribution in [2.75, 3.05) is 17.4 Å². The maximum absolute atomic E-state index is 14.4. The lowest BCUT2D eigenvalue weighted by atomic mass is 10.0. The van der Waals surface area contributed by atoms with Crippen LogP contribution in [-0.2, 0) is 32.6 Å². The highest BCUT2D eigenvalue weighted by Crippen LogP contribution is 2.26. The standard InChI is InChI=1S/C34H35BrClN3O4S/c1-2-3-21-37-34(41)32(23-26-11-6-4-7-12-26)38(24-27-13-10-14-29(36)22-27)33(40)25-39(30-19-17-28(35)18-20-30)44(42,43)31-15-8-5-9-16-31/h4-20,22,32H,2-3,21,23-25H2,1H3,(H,37,41). The van der Waals surface area contributed by atoms with Crippen molar-refractivity contribution in [3.05, 3.63) is 130 Å². The SMILES string of the molecule is CCCCNC(=O)C(Cc1ccccc1)N(Cc1cccc(Cl)c1)C(=O)CN(c1ccc(Br)cc1)S(=O)(=O)c1ccccc1. The van der Waals surface area contributed by atoms with E-state index in [1.54, 1.807) is 60.7 Å². The molecule has 1 unspecified atom stereocenters. The first-order chi connectivity index (χ1) is 21.2. The predicted molar refractivity (Wildman–Crippen MR) is 179 cm³/mol. The van der Waals surface area contributed by atoms with Gasteiger partial charge in [0, 0.05) is 29.0 Å². The Morgan fingerprint density at radius 2 is 1.50 bits per heavy atom. The van der Waals surface area contributed by atoms with Crippen LogP contribution in [0.5, 0.6) is 0 Å². The van der Waals surface area contributed by atoms with Crippen LogP contribution in [0.4, 0.5) is 5.69 Å². The normalized spacial score (nSPS) is 11.9. The Bertz CT molecular complexity index is 1640. The Balaban J connectivity index is 1.78. The molecule has 0 bridgehead atoms. The van der Waals surface area contributed by atoms with Crippen molar-refractivity contribution in [3.8, 4) is 0 Å². The number of hydrogen-bond donors (Lipinski definition) is 1. The summed E-state index contributed by atoms with van der Waals surface area (Å²) in [6.45, 7) is 2.03. The fraction of sp³-hybridized carbons (Fsp3) is 0.235. The van der Waals surface area contributed by atoms with E-state index in [9.17, 15) is 18.0 Å². The van der Waals surface area contributed by atoms with Crippen LogP contribution >= 0.6 is 27.5 Å². The molecule has 0 saturated heterocycles. The van der Waals surface area contributed by atoms with Gasteiger partial charge in [-0.05, 0) is 66.1 Å². The zero-order valence-corrected chi connectivity index (χ0v) is 27.6. The minimum absolute atomic E-state index is 0.0512. The van der Waals surface area contributed by atoms with Crippen LogP contribution in [0.2, 0.25) is 5.02 Å². The fourth-order valence-corrected chi connectivity index (χ4v) is 6.66. The molecule has 4 aromatic rings. The summed E-state index contributed by atoms with van der Waals surface area (Å²) in [5.74, 6) is -0.835. The molecule has 44 heavy (non-hydrogen) atoms. The number of hydrogen-bond acceptors (Lipinski definition) is 4. The van der Waals surface area contributed by atoms with Gasteiger partial charge in [-0.3, -0.25) is 13.9 Å². The van der Waals surface area contributed by atoms with Crippen molar-refractivity contribution >= 4 is 55.1 Å². The number of unbranched alkanes of at least 4 members (excludes halogenated alkanes) is 1. The van der Waals surface area contributed by atoms with Gasteiger partial charge in [0.25, 0.3) is 10.0 Å². The lowest BCUT2D eigenvalue weighted by Crippen LogP contribution is -2.53. The van der Waals surface area contributed by atoms with Crippen LogP contribution in [0.3, 0.4) is 0 Å². The average molecular weight is 697 g/mol. The molecule has 7 nitrogen and oxygen atoms in total. The lowest BCUT2D eigenvalue weighted by Gasteiger charge is -2.34. The van der Waals surface area contributed by atoms with Gasteiger partial charge in [-0.1, -0.05) is 102 Å². The first kappa shape index (κ1) is 33.2. The highest BCUT2D eigenvalue weighted by atomic mass is 79.9. The maximum Gasteiger partial charge on any atom is 0.264 e. The van der Waals surface area contributed by atoms with E-state index in [2.05, 4.69) is 21.2 Å². The first-order valence-electron chi connectivity index (χ1n) is 14.4. The summed E-state index contributed by atoms with van der Waals surface area (Å²) >= 11 is 9.70. The van der Waals surface area contributed by atoms with Gasteiger partial charge in [0.2, 0.25) is 11.8 Å². The summed E-state index contributed by atoms with van der Waals surface area (Å²) < 4.78 is 29.8. The van der Waals surface area contributed by atoms with Crippen LogP contribution in [0.1, 0.15) is 30.9 Å². The van der Waals surface area contributed by atoms with Gasteiger partial charge in [-0.25, -0.2) is 8.42 Å². The summed E-state index contributed by atoms with van der Waals surface area (Å²) in [5, 5.41) is 3.48. The molecule has 2 amide bonds. The number of halogens is 2. The molecule has 1 atom stereocenters.